The molecule has 1 aromatic carbocycles. The third-order valence-corrected chi connectivity index (χ3v) is 5.83. The molecular formula is C21H21F3N6O2S. The van der Waals surface area contributed by atoms with Crippen molar-refractivity contribution in [2.75, 3.05) is 13.1 Å². The van der Waals surface area contributed by atoms with E-state index in [1.165, 1.54) is 40.7 Å². The fraction of sp³-hybridized carbons (Fsp3) is 0.381. The quantitative estimate of drug-likeness (QED) is 0.389. The van der Waals surface area contributed by atoms with Crippen LogP contribution in [-0.4, -0.2) is 55.2 Å². The molecular weight excluding hydrogens is 457 g/mol. The molecule has 2 aromatic heterocycles. The second-order valence-electron chi connectivity index (χ2n) is 7.56. The van der Waals surface area contributed by atoms with E-state index < -0.39 is 6.36 Å². The van der Waals surface area contributed by atoms with E-state index >= 15 is 0 Å². The van der Waals surface area contributed by atoms with Crippen molar-refractivity contribution in [1.29, 1.82) is 0 Å². The Bertz CT molecular complexity index is 1120. The Morgan fingerprint density at radius 3 is 2.33 bits per heavy atom. The summed E-state index contributed by atoms with van der Waals surface area (Å²) in [5.74, 6) is -0.266. The van der Waals surface area contributed by atoms with Gasteiger partial charge in [-0.1, -0.05) is 17.0 Å². The van der Waals surface area contributed by atoms with Crippen molar-refractivity contribution >= 4 is 17.7 Å². The normalized spacial score (nSPS) is 14.0. The maximum atomic E-state index is 13.1. The van der Waals surface area contributed by atoms with E-state index in [1.807, 2.05) is 19.9 Å². The monoisotopic (exact) mass is 478 g/mol. The number of nitrogens with zero attached hydrogens (tertiary/aromatic N) is 6. The lowest BCUT2D eigenvalue weighted by molar-refractivity contribution is -0.274. The topological polar surface area (TPSA) is 86.0 Å². The first-order chi connectivity index (χ1) is 15.7. The first-order valence-corrected chi connectivity index (χ1v) is 11.2. The molecule has 0 radical (unpaired) electrons. The van der Waals surface area contributed by atoms with Gasteiger partial charge in [0.2, 0.25) is 0 Å². The van der Waals surface area contributed by atoms with Crippen molar-refractivity contribution in [2.45, 2.75) is 44.0 Å². The molecule has 3 heterocycles. The maximum absolute atomic E-state index is 13.1. The number of hydrogen-bond acceptors (Lipinski definition) is 7. The Labute approximate surface area is 192 Å². The van der Waals surface area contributed by atoms with E-state index in [4.69, 9.17) is 0 Å². The first-order valence-electron chi connectivity index (χ1n) is 10.2. The molecule has 0 bridgehead atoms. The molecule has 1 fully saturated rings. The van der Waals surface area contributed by atoms with Crippen LogP contribution in [0.2, 0.25) is 0 Å². The van der Waals surface area contributed by atoms with Crippen LogP contribution in [0.3, 0.4) is 0 Å². The van der Waals surface area contributed by atoms with Crippen molar-refractivity contribution in [1.82, 2.24) is 29.9 Å². The molecule has 0 aliphatic carbocycles. The minimum atomic E-state index is -4.78. The van der Waals surface area contributed by atoms with Crippen LogP contribution in [-0.2, 0) is 5.75 Å². The molecule has 1 amide bonds. The summed E-state index contributed by atoms with van der Waals surface area (Å²) in [6.07, 6.45) is -2.92. The van der Waals surface area contributed by atoms with Gasteiger partial charge in [0.1, 0.15) is 5.75 Å². The maximum Gasteiger partial charge on any atom is 0.573 e. The number of thioether (sulfide) groups is 1. The molecule has 0 atom stereocenters. The number of carbonyl (C=O) groups excluding carboxylic acids is 1. The average molecular weight is 479 g/mol. The third-order valence-electron chi connectivity index (χ3n) is 4.97. The molecule has 0 unspecified atom stereocenters. The van der Waals surface area contributed by atoms with Crippen molar-refractivity contribution in [2.24, 2.45) is 0 Å². The van der Waals surface area contributed by atoms with Gasteiger partial charge in [-0.3, -0.25) is 4.79 Å². The first kappa shape index (κ1) is 23.0. The van der Waals surface area contributed by atoms with E-state index in [0.29, 0.717) is 35.4 Å². The highest BCUT2D eigenvalue weighted by molar-refractivity contribution is 7.98. The second-order valence-corrected chi connectivity index (χ2v) is 8.50. The minimum Gasteiger partial charge on any atom is -0.406 e. The van der Waals surface area contributed by atoms with Crippen molar-refractivity contribution in [3.63, 3.8) is 0 Å². The highest BCUT2D eigenvalue weighted by atomic mass is 32.2. The number of ether oxygens (including phenoxy) is 1. The van der Waals surface area contributed by atoms with Crippen LogP contribution in [0.1, 0.15) is 40.4 Å². The number of amides is 1. The van der Waals surface area contributed by atoms with Gasteiger partial charge in [-0.05, 0) is 57.0 Å². The summed E-state index contributed by atoms with van der Waals surface area (Å²) < 4.78 is 42.8. The minimum absolute atomic E-state index is 0.212. The lowest BCUT2D eigenvalue weighted by Crippen LogP contribution is -2.28. The molecule has 174 valence electrons. The Morgan fingerprint density at radius 1 is 1.09 bits per heavy atom. The largest absolute Gasteiger partial charge is 0.573 e. The number of rotatable bonds is 6. The smallest absolute Gasteiger partial charge is 0.406 e. The predicted molar refractivity (Wildman–Crippen MR) is 114 cm³/mol. The molecule has 0 saturated carbocycles. The van der Waals surface area contributed by atoms with Crippen LogP contribution in [0.15, 0.2) is 35.5 Å². The molecule has 33 heavy (non-hydrogen) atoms. The van der Waals surface area contributed by atoms with Gasteiger partial charge in [-0.25, -0.2) is 14.6 Å². The van der Waals surface area contributed by atoms with E-state index in [0.717, 1.165) is 24.2 Å². The van der Waals surface area contributed by atoms with Gasteiger partial charge in [0.05, 0.1) is 11.4 Å². The van der Waals surface area contributed by atoms with Crippen LogP contribution >= 0.6 is 11.8 Å². The number of benzene rings is 1. The Balaban J connectivity index is 1.65. The fourth-order valence-electron chi connectivity index (χ4n) is 3.55. The van der Waals surface area contributed by atoms with Gasteiger partial charge in [-0.15, -0.1) is 18.3 Å². The van der Waals surface area contributed by atoms with Gasteiger partial charge in [-0.2, -0.15) is 0 Å². The number of likely N-dealkylation sites (tertiary alicyclic amines) is 1. The summed E-state index contributed by atoms with van der Waals surface area (Å²) in [5.41, 5.74) is 2.83. The van der Waals surface area contributed by atoms with Gasteiger partial charge < -0.3 is 9.64 Å². The van der Waals surface area contributed by atoms with Gasteiger partial charge >= 0.3 is 6.36 Å². The zero-order chi connectivity index (χ0) is 23.6. The van der Waals surface area contributed by atoms with Crippen LogP contribution in [0.5, 0.6) is 5.75 Å². The van der Waals surface area contributed by atoms with Crippen molar-refractivity contribution in [3.8, 4) is 11.4 Å². The number of halogens is 3. The van der Waals surface area contributed by atoms with Gasteiger partial charge in [0.25, 0.3) is 5.91 Å². The molecule has 3 aromatic rings. The summed E-state index contributed by atoms with van der Waals surface area (Å²) >= 11 is 1.33. The SMILES string of the molecule is Cc1cc(C)nc(SCc2c(C(=O)N3CCCC3)nnn2-c2ccc(OC(F)(F)F)cc2)n1. The Hall–Kier alpha value is -3.15. The lowest BCUT2D eigenvalue weighted by Gasteiger charge is -2.15. The van der Waals surface area contributed by atoms with E-state index in [2.05, 4.69) is 25.0 Å². The number of aromatic nitrogens is 5. The zero-order valence-corrected chi connectivity index (χ0v) is 18.8. The van der Waals surface area contributed by atoms with Crippen LogP contribution in [0.4, 0.5) is 13.2 Å². The van der Waals surface area contributed by atoms with E-state index in [-0.39, 0.29) is 17.4 Å². The fourth-order valence-corrected chi connectivity index (χ4v) is 4.50. The molecule has 1 aliphatic rings. The lowest BCUT2D eigenvalue weighted by atomic mass is 10.2. The predicted octanol–water partition coefficient (Wildman–Crippen LogP) is 4.10. The Kier molecular flexibility index (Phi) is 6.54. The summed E-state index contributed by atoms with van der Waals surface area (Å²) in [6, 6.07) is 7.11. The molecule has 1 saturated heterocycles. The second kappa shape index (κ2) is 9.38. The van der Waals surface area contributed by atoms with Crippen LogP contribution in [0, 0.1) is 13.8 Å². The van der Waals surface area contributed by atoms with Crippen LogP contribution in [0.25, 0.3) is 5.69 Å². The van der Waals surface area contributed by atoms with Crippen molar-refractivity contribution < 1.29 is 22.7 Å². The van der Waals surface area contributed by atoms with Gasteiger partial charge in [0, 0.05) is 30.2 Å². The third kappa shape index (κ3) is 5.62. The molecule has 0 N–H and O–H groups in total. The van der Waals surface area contributed by atoms with E-state index in [1.54, 1.807) is 4.90 Å². The summed E-state index contributed by atoms with van der Waals surface area (Å²) in [4.78, 5) is 23.6. The summed E-state index contributed by atoms with van der Waals surface area (Å²) in [7, 11) is 0. The number of hydrogen-bond donors (Lipinski definition) is 0. The molecule has 12 heteroatoms. The zero-order valence-electron chi connectivity index (χ0n) is 18.0. The number of carbonyl (C=O) groups is 1. The van der Waals surface area contributed by atoms with Crippen molar-refractivity contribution in [3.05, 3.63) is 53.1 Å². The van der Waals surface area contributed by atoms with Gasteiger partial charge in [0.15, 0.2) is 10.9 Å². The number of alkyl halides is 3. The Morgan fingerprint density at radius 2 is 1.73 bits per heavy atom. The molecule has 0 spiro atoms. The molecule has 4 rings (SSSR count). The summed E-state index contributed by atoms with van der Waals surface area (Å²) in [6.45, 7) is 5.05. The highest BCUT2D eigenvalue weighted by Gasteiger charge is 2.31. The highest BCUT2D eigenvalue weighted by Crippen LogP contribution is 2.27. The van der Waals surface area contributed by atoms with Crippen LogP contribution < -0.4 is 4.74 Å². The van der Waals surface area contributed by atoms with E-state index in [9.17, 15) is 18.0 Å². The molecule has 1 aliphatic heterocycles. The summed E-state index contributed by atoms with van der Waals surface area (Å²) in [5, 5.41) is 8.80. The average Bonchev–Trinajstić information content (AvgIpc) is 3.41. The standard InChI is InChI=1S/C21H21F3N6O2S/c1-13-11-14(2)26-20(25-13)33-12-17-18(19(31)29-9-3-4-10-29)27-28-30(17)15-5-7-16(8-6-15)32-21(22,23)24/h5-8,11H,3-4,9-10,12H2,1-2H3. The molecule has 8 nitrogen and oxygen atoms in total. The number of aryl methyl sites for hydroxylation is 2.